The van der Waals surface area contributed by atoms with Crippen molar-refractivity contribution >= 4 is 28.5 Å². The Morgan fingerprint density at radius 1 is 1.57 bits per heavy atom. The molecule has 4 heteroatoms. The lowest BCUT2D eigenvalue weighted by Crippen LogP contribution is -1.99. The van der Waals surface area contributed by atoms with E-state index in [2.05, 4.69) is 4.98 Å². The van der Waals surface area contributed by atoms with Gasteiger partial charge in [0.25, 0.3) is 5.89 Å². The first-order valence-electron chi connectivity index (χ1n) is 4.17. The van der Waals surface area contributed by atoms with E-state index < -0.39 is 0 Å². The van der Waals surface area contributed by atoms with Crippen LogP contribution >= 0.6 is 11.6 Å². The van der Waals surface area contributed by atoms with Crippen LogP contribution in [0.5, 0.6) is 0 Å². The van der Waals surface area contributed by atoms with E-state index >= 15 is 0 Å². The van der Waals surface area contributed by atoms with Crippen LogP contribution in [0.15, 0.2) is 22.6 Å². The molecule has 0 aliphatic heterocycles. The summed E-state index contributed by atoms with van der Waals surface area (Å²) in [5.41, 5.74) is 2.39. The normalized spacial score (nSPS) is 10.7. The standard InChI is InChI=1S/C10H8ClNO2/c1-6-2-3-9-7(4-6)12-10(14-9)8(13)5-11/h2-4H,5H2,1H3. The Hall–Kier alpha value is -1.35. The van der Waals surface area contributed by atoms with E-state index in [9.17, 15) is 4.79 Å². The number of benzene rings is 1. The number of hydrogen-bond donors (Lipinski definition) is 0. The number of aryl methyl sites for hydroxylation is 1. The lowest BCUT2D eigenvalue weighted by atomic mass is 10.2. The van der Waals surface area contributed by atoms with E-state index in [-0.39, 0.29) is 17.6 Å². The van der Waals surface area contributed by atoms with Gasteiger partial charge in [0, 0.05) is 0 Å². The number of rotatable bonds is 2. The van der Waals surface area contributed by atoms with Crippen LogP contribution in [0.25, 0.3) is 11.1 Å². The average Bonchev–Trinajstić information content (AvgIpc) is 2.59. The molecule has 1 heterocycles. The summed E-state index contributed by atoms with van der Waals surface area (Å²) in [5, 5.41) is 0. The largest absolute Gasteiger partial charge is 0.434 e. The molecule has 3 nitrogen and oxygen atoms in total. The summed E-state index contributed by atoms with van der Waals surface area (Å²) in [7, 11) is 0. The Kier molecular flexibility index (Phi) is 2.25. The van der Waals surface area contributed by atoms with Gasteiger partial charge in [0.05, 0.1) is 5.88 Å². The smallest absolute Gasteiger partial charge is 0.265 e. The second kappa shape index (κ2) is 3.42. The van der Waals surface area contributed by atoms with Crippen LogP contribution in [0.2, 0.25) is 0 Å². The molecule has 0 amide bonds. The number of Topliss-reactive ketones (excluding diaryl/α,β-unsaturated/α-hetero) is 1. The van der Waals surface area contributed by atoms with Crippen LogP contribution in [0.1, 0.15) is 16.2 Å². The van der Waals surface area contributed by atoms with E-state index in [4.69, 9.17) is 16.0 Å². The van der Waals surface area contributed by atoms with Gasteiger partial charge in [0.2, 0.25) is 5.78 Å². The maximum atomic E-state index is 11.2. The number of nitrogens with zero attached hydrogens (tertiary/aromatic N) is 1. The molecular weight excluding hydrogens is 202 g/mol. The number of fused-ring (bicyclic) bond motifs is 1. The summed E-state index contributed by atoms with van der Waals surface area (Å²) in [6.45, 7) is 1.96. The van der Waals surface area contributed by atoms with Crippen molar-refractivity contribution in [3.63, 3.8) is 0 Å². The number of carbonyl (C=O) groups excluding carboxylic acids is 1. The summed E-state index contributed by atoms with van der Waals surface area (Å²) < 4.78 is 5.23. The predicted octanol–water partition coefficient (Wildman–Crippen LogP) is 2.56. The lowest BCUT2D eigenvalue weighted by molar-refractivity contribution is 0.0986. The number of alkyl halides is 1. The molecule has 1 aromatic heterocycles. The molecule has 0 unspecified atom stereocenters. The molecule has 0 radical (unpaired) electrons. The maximum absolute atomic E-state index is 11.2. The number of ketones is 1. The van der Waals surface area contributed by atoms with E-state index in [1.165, 1.54) is 0 Å². The molecule has 72 valence electrons. The maximum Gasteiger partial charge on any atom is 0.265 e. The fourth-order valence-corrected chi connectivity index (χ4v) is 1.33. The van der Waals surface area contributed by atoms with Gasteiger partial charge in [-0.3, -0.25) is 4.79 Å². The van der Waals surface area contributed by atoms with Gasteiger partial charge in [-0.05, 0) is 24.6 Å². The minimum atomic E-state index is -0.291. The van der Waals surface area contributed by atoms with E-state index in [1.807, 2.05) is 19.1 Å². The van der Waals surface area contributed by atoms with Gasteiger partial charge < -0.3 is 4.42 Å². The number of oxazole rings is 1. The molecule has 0 fully saturated rings. The van der Waals surface area contributed by atoms with Crippen molar-refractivity contribution in [1.29, 1.82) is 0 Å². The second-order valence-corrected chi connectivity index (χ2v) is 3.31. The third kappa shape index (κ3) is 1.51. The van der Waals surface area contributed by atoms with Crippen LogP contribution in [0, 0.1) is 6.92 Å². The van der Waals surface area contributed by atoms with Crippen LogP contribution in [0.3, 0.4) is 0 Å². The summed E-state index contributed by atoms with van der Waals surface area (Å²) in [6.07, 6.45) is 0. The first-order chi connectivity index (χ1) is 6.70. The molecule has 0 spiro atoms. The zero-order valence-corrected chi connectivity index (χ0v) is 8.34. The van der Waals surface area contributed by atoms with Crippen molar-refractivity contribution in [2.24, 2.45) is 0 Å². The molecular formula is C10H8ClNO2. The predicted molar refractivity (Wildman–Crippen MR) is 53.8 cm³/mol. The van der Waals surface area contributed by atoms with Crippen LogP contribution < -0.4 is 0 Å². The highest BCUT2D eigenvalue weighted by Gasteiger charge is 2.12. The molecule has 2 aromatic rings. The summed E-state index contributed by atoms with van der Waals surface area (Å²) in [5.74, 6) is -0.313. The molecule has 2 rings (SSSR count). The third-order valence-corrected chi connectivity index (χ3v) is 2.15. The number of aromatic nitrogens is 1. The Morgan fingerprint density at radius 2 is 2.36 bits per heavy atom. The van der Waals surface area contributed by atoms with Crippen molar-refractivity contribution in [2.75, 3.05) is 5.88 Å². The molecule has 14 heavy (non-hydrogen) atoms. The van der Waals surface area contributed by atoms with Crippen molar-refractivity contribution in [1.82, 2.24) is 4.98 Å². The highest BCUT2D eigenvalue weighted by molar-refractivity contribution is 6.29. The average molecular weight is 210 g/mol. The van der Waals surface area contributed by atoms with Gasteiger partial charge in [-0.15, -0.1) is 11.6 Å². The molecule has 0 N–H and O–H groups in total. The van der Waals surface area contributed by atoms with Crippen molar-refractivity contribution < 1.29 is 9.21 Å². The minimum Gasteiger partial charge on any atom is -0.434 e. The molecule has 0 aliphatic rings. The minimum absolute atomic E-state index is 0.0839. The van der Waals surface area contributed by atoms with Gasteiger partial charge in [-0.1, -0.05) is 6.07 Å². The SMILES string of the molecule is Cc1ccc2oc(C(=O)CCl)nc2c1. The van der Waals surface area contributed by atoms with E-state index in [0.29, 0.717) is 11.1 Å². The van der Waals surface area contributed by atoms with Crippen LogP contribution in [0.4, 0.5) is 0 Å². The topological polar surface area (TPSA) is 43.1 Å². The van der Waals surface area contributed by atoms with Gasteiger partial charge in [-0.25, -0.2) is 4.98 Å². The molecule has 0 atom stereocenters. The Labute approximate surface area is 85.7 Å². The summed E-state index contributed by atoms with van der Waals surface area (Å²) >= 11 is 5.40. The fourth-order valence-electron chi connectivity index (χ4n) is 1.21. The Balaban J connectivity index is 2.56. The summed E-state index contributed by atoms with van der Waals surface area (Å²) in [4.78, 5) is 15.2. The van der Waals surface area contributed by atoms with Gasteiger partial charge in [-0.2, -0.15) is 0 Å². The fraction of sp³-hybridized carbons (Fsp3) is 0.200. The first kappa shape index (κ1) is 9.21. The van der Waals surface area contributed by atoms with Crippen LogP contribution in [-0.2, 0) is 0 Å². The van der Waals surface area contributed by atoms with Crippen molar-refractivity contribution in [2.45, 2.75) is 6.92 Å². The van der Waals surface area contributed by atoms with Gasteiger partial charge in [0.15, 0.2) is 5.58 Å². The summed E-state index contributed by atoms with van der Waals surface area (Å²) in [6, 6.07) is 5.56. The second-order valence-electron chi connectivity index (χ2n) is 3.05. The molecule has 0 aliphatic carbocycles. The van der Waals surface area contributed by atoms with Gasteiger partial charge >= 0.3 is 0 Å². The highest BCUT2D eigenvalue weighted by atomic mass is 35.5. The molecule has 0 saturated heterocycles. The van der Waals surface area contributed by atoms with Crippen molar-refractivity contribution in [3.8, 4) is 0 Å². The van der Waals surface area contributed by atoms with E-state index in [1.54, 1.807) is 6.07 Å². The zero-order valence-electron chi connectivity index (χ0n) is 7.58. The third-order valence-electron chi connectivity index (χ3n) is 1.90. The Bertz CT molecular complexity index is 490. The zero-order chi connectivity index (χ0) is 10.1. The monoisotopic (exact) mass is 209 g/mol. The van der Waals surface area contributed by atoms with E-state index in [0.717, 1.165) is 5.56 Å². The number of carbonyl (C=O) groups is 1. The molecule has 0 bridgehead atoms. The number of halogens is 1. The van der Waals surface area contributed by atoms with Crippen molar-refractivity contribution in [3.05, 3.63) is 29.7 Å². The molecule has 1 aromatic carbocycles. The Morgan fingerprint density at radius 3 is 3.07 bits per heavy atom. The quantitative estimate of drug-likeness (QED) is 0.564. The number of hydrogen-bond acceptors (Lipinski definition) is 3. The first-order valence-corrected chi connectivity index (χ1v) is 4.70. The molecule has 0 saturated carbocycles. The van der Waals surface area contributed by atoms with Crippen LogP contribution in [-0.4, -0.2) is 16.6 Å². The lowest BCUT2D eigenvalue weighted by Gasteiger charge is -1.87. The van der Waals surface area contributed by atoms with Gasteiger partial charge in [0.1, 0.15) is 5.52 Å². The highest BCUT2D eigenvalue weighted by Crippen LogP contribution is 2.17.